The van der Waals surface area contributed by atoms with Gasteiger partial charge < -0.3 is 0 Å². The maximum atomic E-state index is 11.0. The zero-order chi connectivity index (χ0) is 9.97. The Bertz CT molecular complexity index is 474. The summed E-state index contributed by atoms with van der Waals surface area (Å²) in [6.07, 6.45) is 3.54. The Morgan fingerprint density at radius 1 is 1.43 bits per heavy atom. The lowest BCUT2D eigenvalue weighted by Gasteiger charge is -1.97. The Kier molecular flexibility index (Phi) is 2.23. The molecule has 2 rings (SSSR count). The number of Topliss-reactive ketones (excluding diaryl/α,β-unsaturated/α-hetero) is 1. The first-order valence-electron chi connectivity index (χ1n) is 4.50. The van der Waals surface area contributed by atoms with Crippen molar-refractivity contribution >= 4 is 16.8 Å². The van der Waals surface area contributed by atoms with Crippen LogP contribution in [0.15, 0.2) is 36.7 Å². The molecule has 3 nitrogen and oxygen atoms in total. The Balaban J connectivity index is 2.59. The van der Waals surface area contributed by atoms with Crippen molar-refractivity contribution in [3.8, 4) is 0 Å². The van der Waals surface area contributed by atoms with Gasteiger partial charge in [0.15, 0.2) is 12.0 Å². The van der Waals surface area contributed by atoms with Gasteiger partial charge in [-0.15, -0.1) is 0 Å². The van der Waals surface area contributed by atoms with Crippen molar-refractivity contribution in [1.82, 2.24) is 4.98 Å². The average molecular weight is 187 g/mol. The van der Waals surface area contributed by atoms with Crippen molar-refractivity contribution < 1.29 is 9.36 Å². The van der Waals surface area contributed by atoms with Crippen LogP contribution in [0.1, 0.15) is 6.92 Å². The van der Waals surface area contributed by atoms with Crippen LogP contribution in [0.5, 0.6) is 0 Å². The van der Waals surface area contributed by atoms with Crippen LogP contribution in [0.2, 0.25) is 0 Å². The van der Waals surface area contributed by atoms with Gasteiger partial charge in [0, 0.05) is 13.0 Å². The molecule has 70 valence electrons. The second-order valence-corrected chi connectivity index (χ2v) is 3.25. The van der Waals surface area contributed by atoms with Crippen LogP contribution in [0.3, 0.4) is 0 Å². The molecule has 2 aromatic rings. The molecule has 1 aromatic heterocycles. The number of hydrogen-bond donors (Lipinski definition) is 0. The fourth-order valence-electron chi connectivity index (χ4n) is 1.47. The van der Waals surface area contributed by atoms with E-state index in [-0.39, 0.29) is 5.78 Å². The predicted molar refractivity (Wildman–Crippen MR) is 52.6 cm³/mol. The number of para-hydroxylation sites is 2. The van der Waals surface area contributed by atoms with E-state index in [1.165, 1.54) is 0 Å². The summed E-state index contributed by atoms with van der Waals surface area (Å²) >= 11 is 0. The fraction of sp³-hybridized carbons (Fsp3) is 0.182. The lowest BCUT2D eigenvalue weighted by Crippen LogP contribution is -2.37. The summed E-state index contributed by atoms with van der Waals surface area (Å²) < 4.78 is 1.91. The molecular formula is C11H11N2O+. The van der Waals surface area contributed by atoms with Crippen LogP contribution in [0, 0.1) is 0 Å². The van der Waals surface area contributed by atoms with Gasteiger partial charge >= 0.3 is 0 Å². The normalized spacial score (nSPS) is 10.4. The Hall–Kier alpha value is -1.77. The molecular weight excluding hydrogens is 176 g/mol. The van der Waals surface area contributed by atoms with E-state index in [1.54, 1.807) is 13.1 Å². The number of hydrogen-bond acceptors (Lipinski definition) is 2. The minimum atomic E-state index is 0.145. The summed E-state index contributed by atoms with van der Waals surface area (Å²) in [6.45, 7) is 1.99. The molecule has 0 aliphatic rings. The molecule has 0 spiro atoms. The Morgan fingerprint density at radius 3 is 3.00 bits per heavy atom. The first-order valence-corrected chi connectivity index (χ1v) is 4.50. The molecule has 1 heterocycles. The number of nitrogens with zero attached hydrogens (tertiary/aromatic N) is 2. The van der Waals surface area contributed by atoms with E-state index in [9.17, 15) is 4.79 Å². The van der Waals surface area contributed by atoms with Gasteiger partial charge in [0.25, 0.3) is 0 Å². The van der Waals surface area contributed by atoms with Crippen LogP contribution < -0.4 is 4.57 Å². The van der Waals surface area contributed by atoms with Crippen molar-refractivity contribution in [3.63, 3.8) is 0 Å². The summed E-state index contributed by atoms with van der Waals surface area (Å²) in [6, 6.07) is 7.78. The van der Waals surface area contributed by atoms with E-state index in [2.05, 4.69) is 4.98 Å². The van der Waals surface area contributed by atoms with Crippen LogP contribution in [-0.2, 0) is 11.3 Å². The molecule has 0 fully saturated rings. The second-order valence-electron chi connectivity index (χ2n) is 3.25. The molecule has 0 radical (unpaired) electrons. The third-order valence-corrected chi connectivity index (χ3v) is 2.04. The molecule has 0 aliphatic carbocycles. The molecule has 14 heavy (non-hydrogen) atoms. The number of ketones is 1. The highest BCUT2D eigenvalue weighted by molar-refractivity contribution is 5.75. The zero-order valence-corrected chi connectivity index (χ0v) is 7.97. The van der Waals surface area contributed by atoms with Gasteiger partial charge in [0.05, 0.1) is 6.20 Å². The molecule has 3 heteroatoms. The maximum absolute atomic E-state index is 11.0. The number of aromatic nitrogens is 2. The van der Waals surface area contributed by atoms with E-state index in [4.69, 9.17) is 0 Å². The summed E-state index contributed by atoms with van der Waals surface area (Å²) in [7, 11) is 0. The molecule has 0 saturated heterocycles. The number of carbonyl (C=O) groups is 1. The smallest absolute Gasteiger partial charge is 0.231 e. The van der Waals surface area contributed by atoms with E-state index < -0.39 is 0 Å². The molecule has 0 bridgehead atoms. The minimum Gasteiger partial charge on any atom is -0.293 e. The first kappa shape index (κ1) is 8.81. The molecule has 0 saturated carbocycles. The number of rotatable bonds is 2. The van der Waals surface area contributed by atoms with Crippen LogP contribution in [-0.4, -0.2) is 10.8 Å². The van der Waals surface area contributed by atoms with Gasteiger partial charge in [0.2, 0.25) is 12.1 Å². The minimum absolute atomic E-state index is 0.145. The van der Waals surface area contributed by atoms with Gasteiger partial charge in [0.1, 0.15) is 5.52 Å². The highest BCUT2D eigenvalue weighted by Crippen LogP contribution is 2.04. The molecule has 0 aliphatic heterocycles. The van der Waals surface area contributed by atoms with Gasteiger partial charge in [-0.3, -0.25) is 4.79 Å². The average Bonchev–Trinajstić information content (AvgIpc) is 2.18. The Labute approximate surface area is 82.0 Å². The van der Waals surface area contributed by atoms with E-state index in [0.717, 1.165) is 11.0 Å². The lowest BCUT2D eigenvalue weighted by molar-refractivity contribution is -0.658. The van der Waals surface area contributed by atoms with E-state index in [0.29, 0.717) is 6.54 Å². The molecule has 0 N–H and O–H groups in total. The van der Waals surface area contributed by atoms with Gasteiger partial charge in [-0.2, -0.15) is 4.57 Å². The Morgan fingerprint density at radius 2 is 2.21 bits per heavy atom. The zero-order valence-electron chi connectivity index (χ0n) is 7.97. The number of benzene rings is 1. The standard InChI is InChI=1S/C11H11N2O/c1-9(14)8-13-7-6-12-10-4-2-3-5-11(10)13/h2-7H,8H2,1H3/q+1. The third-order valence-electron chi connectivity index (χ3n) is 2.04. The van der Waals surface area contributed by atoms with Gasteiger partial charge in [-0.1, -0.05) is 12.1 Å². The van der Waals surface area contributed by atoms with Crippen molar-refractivity contribution in [1.29, 1.82) is 0 Å². The van der Waals surface area contributed by atoms with Gasteiger partial charge in [-0.05, 0) is 6.07 Å². The quantitative estimate of drug-likeness (QED) is 0.660. The van der Waals surface area contributed by atoms with Crippen LogP contribution in [0.4, 0.5) is 0 Å². The summed E-state index contributed by atoms with van der Waals surface area (Å²) in [4.78, 5) is 15.2. The highest BCUT2D eigenvalue weighted by atomic mass is 16.1. The monoisotopic (exact) mass is 187 g/mol. The van der Waals surface area contributed by atoms with Crippen molar-refractivity contribution in [2.24, 2.45) is 0 Å². The van der Waals surface area contributed by atoms with E-state index in [1.807, 2.05) is 35.0 Å². The fourth-order valence-corrected chi connectivity index (χ4v) is 1.47. The molecule has 0 unspecified atom stereocenters. The van der Waals surface area contributed by atoms with Crippen LogP contribution in [0.25, 0.3) is 11.0 Å². The SMILES string of the molecule is CC(=O)C[n+]1ccnc2ccccc21. The largest absolute Gasteiger partial charge is 0.293 e. The molecule has 0 amide bonds. The predicted octanol–water partition coefficient (Wildman–Crippen LogP) is 1.11. The number of fused-ring (bicyclic) bond motifs is 1. The topological polar surface area (TPSA) is 33.8 Å². The molecule has 0 atom stereocenters. The second kappa shape index (κ2) is 3.54. The van der Waals surface area contributed by atoms with Crippen molar-refractivity contribution in [2.75, 3.05) is 0 Å². The summed E-state index contributed by atoms with van der Waals surface area (Å²) in [5.74, 6) is 0.145. The third kappa shape index (κ3) is 1.62. The van der Waals surface area contributed by atoms with E-state index >= 15 is 0 Å². The summed E-state index contributed by atoms with van der Waals surface area (Å²) in [5.41, 5.74) is 1.90. The first-order chi connectivity index (χ1) is 6.77. The van der Waals surface area contributed by atoms with Crippen molar-refractivity contribution in [3.05, 3.63) is 36.7 Å². The van der Waals surface area contributed by atoms with Gasteiger partial charge in [-0.25, -0.2) is 4.98 Å². The van der Waals surface area contributed by atoms with Crippen molar-refractivity contribution in [2.45, 2.75) is 13.5 Å². The maximum Gasteiger partial charge on any atom is 0.231 e. The number of carbonyl (C=O) groups excluding carboxylic acids is 1. The highest BCUT2D eigenvalue weighted by Gasteiger charge is 2.09. The lowest BCUT2D eigenvalue weighted by atomic mass is 10.3. The molecule has 1 aromatic carbocycles. The summed E-state index contributed by atoms with van der Waals surface area (Å²) in [5, 5.41) is 0. The van der Waals surface area contributed by atoms with Crippen LogP contribution >= 0.6 is 0 Å².